The number of rotatable bonds is 11. The van der Waals surface area contributed by atoms with Crippen molar-refractivity contribution in [2.75, 3.05) is 48.0 Å². The zero-order valence-corrected chi connectivity index (χ0v) is 21.8. The summed E-state index contributed by atoms with van der Waals surface area (Å²) in [5.41, 5.74) is 2.94. The van der Waals surface area contributed by atoms with Crippen LogP contribution in [0.2, 0.25) is 0 Å². The second-order valence-corrected chi connectivity index (χ2v) is 7.64. The van der Waals surface area contributed by atoms with Gasteiger partial charge >= 0.3 is 0 Å². The molecule has 8 heteroatoms. The molecule has 3 rings (SSSR count). The first-order valence-electron chi connectivity index (χ1n) is 11.3. The van der Waals surface area contributed by atoms with Crippen LogP contribution in [0.1, 0.15) is 16.7 Å². The average molecular weight is 506 g/mol. The van der Waals surface area contributed by atoms with Crippen molar-refractivity contribution in [3.63, 3.8) is 0 Å². The highest BCUT2D eigenvalue weighted by molar-refractivity contribution is 6.03. The molecule has 0 aliphatic rings. The van der Waals surface area contributed by atoms with Crippen LogP contribution in [0.15, 0.2) is 54.6 Å². The highest BCUT2D eigenvalue weighted by atomic mass is 16.5. The quantitative estimate of drug-likeness (QED) is 0.270. The molecule has 0 aromatic heterocycles. The molecule has 0 atom stereocenters. The Hall–Kier alpha value is -4.59. The van der Waals surface area contributed by atoms with E-state index in [2.05, 4.69) is 5.32 Å². The maximum Gasteiger partial charge on any atom is 0.248 e. The van der Waals surface area contributed by atoms with E-state index in [-0.39, 0.29) is 5.91 Å². The largest absolute Gasteiger partial charge is 0.497 e. The lowest BCUT2D eigenvalue weighted by Crippen LogP contribution is -2.10. The van der Waals surface area contributed by atoms with E-state index in [0.717, 1.165) is 16.9 Å². The number of amides is 1. The van der Waals surface area contributed by atoms with Crippen LogP contribution >= 0.6 is 0 Å². The number of anilines is 1. The van der Waals surface area contributed by atoms with E-state index in [9.17, 15) is 4.79 Å². The Kier molecular flexibility index (Phi) is 9.43. The number of carbonyl (C=O) groups excluding carboxylic acids is 1. The third-order valence-electron chi connectivity index (χ3n) is 5.54. The maximum absolute atomic E-state index is 12.9. The SMILES string of the molecule is COc1ccc(/C=C/c2cc(OC)cc(OC)c2/C=C/C(=O)Nc2ccc(OC)c(OC)c2OC)cc1. The molecule has 3 aromatic rings. The number of hydrogen-bond donors (Lipinski definition) is 1. The Bertz CT molecular complexity index is 1280. The third-order valence-corrected chi connectivity index (χ3v) is 5.54. The molecule has 0 unspecified atom stereocenters. The van der Waals surface area contributed by atoms with Crippen molar-refractivity contribution in [2.24, 2.45) is 0 Å². The van der Waals surface area contributed by atoms with E-state index >= 15 is 0 Å². The first-order chi connectivity index (χ1) is 18.0. The van der Waals surface area contributed by atoms with Crippen LogP contribution in [-0.2, 0) is 4.79 Å². The molecule has 8 nitrogen and oxygen atoms in total. The molecule has 0 aliphatic heterocycles. The van der Waals surface area contributed by atoms with Crippen LogP contribution in [0, 0.1) is 0 Å². The molecule has 0 aliphatic carbocycles. The van der Waals surface area contributed by atoms with Gasteiger partial charge in [0, 0.05) is 17.7 Å². The minimum Gasteiger partial charge on any atom is -0.497 e. The number of ether oxygens (including phenoxy) is 6. The van der Waals surface area contributed by atoms with Crippen LogP contribution in [0.25, 0.3) is 18.2 Å². The summed E-state index contributed by atoms with van der Waals surface area (Å²) in [6.45, 7) is 0. The van der Waals surface area contributed by atoms with E-state index in [1.54, 1.807) is 45.6 Å². The number of methoxy groups -OCH3 is 6. The molecule has 37 heavy (non-hydrogen) atoms. The monoisotopic (exact) mass is 505 g/mol. The smallest absolute Gasteiger partial charge is 0.248 e. The molecule has 1 N–H and O–H groups in total. The molecule has 3 aromatic carbocycles. The minimum absolute atomic E-state index is 0.355. The lowest BCUT2D eigenvalue weighted by molar-refractivity contribution is -0.111. The summed E-state index contributed by atoms with van der Waals surface area (Å²) in [6.07, 6.45) is 7.00. The molecule has 1 amide bonds. The van der Waals surface area contributed by atoms with Gasteiger partial charge in [0.1, 0.15) is 17.2 Å². The molecule has 0 saturated carbocycles. The molecule has 0 spiro atoms. The van der Waals surface area contributed by atoms with Gasteiger partial charge in [-0.3, -0.25) is 4.79 Å². The van der Waals surface area contributed by atoms with Crippen molar-refractivity contribution in [3.05, 3.63) is 71.3 Å². The van der Waals surface area contributed by atoms with Gasteiger partial charge in [-0.25, -0.2) is 0 Å². The lowest BCUT2D eigenvalue weighted by atomic mass is 10.0. The summed E-state index contributed by atoms with van der Waals surface area (Å²) in [5, 5.41) is 2.82. The summed E-state index contributed by atoms with van der Waals surface area (Å²) in [7, 11) is 9.31. The van der Waals surface area contributed by atoms with Crippen molar-refractivity contribution < 1.29 is 33.2 Å². The standard InChI is InChI=1S/C29H31NO7/c1-32-21-11-8-19(9-12-21)7-10-20-17-22(33-2)18-26(35-4)23(20)13-16-27(31)30-24-14-15-25(34-3)29(37-6)28(24)36-5/h7-18H,1-6H3,(H,30,31)/b10-7+,16-13+. The average Bonchev–Trinajstić information content (AvgIpc) is 2.94. The molecule has 0 radical (unpaired) electrons. The van der Waals surface area contributed by atoms with Crippen molar-refractivity contribution in [3.8, 4) is 34.5 Å². The topological polar surface area (TPSA) is 84.5 Å². The molecule has 0 bridgehead atoms. The summed E-state index contributed by atoms with van der Waals surface area (Å²) in [6, 6.07) is 14.7. The van der Waals surface area contributed by atoms with Gasteiger partial charge in [-0.05, 0) is 47.5 Å². The van der Waals surface area contributed by atoms with Gasteiger partial charge in [0.15, 0.2) is 11.5 Å². The van der Waals surface area contributed by atoms with Crippen molar-refractivity contribution in [2.45, 2.75) is 0 Å². The number of benzene rings is 3. The molecular formula is C29H31NO7. The Morgan fingerprint density at radius 2 is 1.32 bits per heavy atom. The van der Waals surface area contributed by atoms with Crippen LogP contribution in [0.5, 0.6) is 34.5 Å². The van der Waals surface area contributed by atoms with E-state index < -0.39 is 0 Å². The fourth-order valence-electron chi connectivity index (χ4n) is 3.66. The summed E-state index contributed by atoms with van der Waals surface area (Å²) < 4.78 is 32.4. The second kappa shape index (κ2) is 12.9. The Labute approximate surface area is 217 Å². The first kappa shape index (κ1) is 27.0. The molecule has 0 heterocycles. The van der Waals surface area contributed by atoms with Gasteiger partial charge in [0.05, 0.1) is 48.3 Å². The number of nitrogens with one attached hydrogen (secondary N) is 1. The normalized spacial score (nSPS) is 10.9. The van der Waals surface area contributed by atoms with Crippen LogP contribution in [-0.4, -0.2) is 48.6 Å². The van der Waals surface area contributed by atoms with Gasteiger partial charge in [-0.1, -0.05) is 24.3 Å². The van der Waals surface area contributed by atoms with Gasteiger partial charge in [-0.2, -0.15) is 0 Å². The highest BCUT2D eigenvalue weighted by Crippen LogP contribution is 2.42. The van der Waals surface area contributed by atoms with Crippen LogP contribution in [0.3, 0.4) is 0 Å². The molecular weight excluding hydrogens is 474 g/mol. The fourth-order valence-corrected chi connectivity index (χ4v) is 3.66. The fraction of sp³-hybridized carbons (Fsp3) is 0.207. The van der Waals surface area contributed by atoms with E-state index in [0.29, 0.717) is 40.0 Å². The predicted octanol–water partition coefficient (Wildman–Crippen LogP) is 5.56. The zero-order valence-electron chi connectivity index (χ0n) is 21.8. The molecule has 0 fully saturated rings. The van der Waals surface area contributed by atoms with Crippen LogP contribution < -0.4 is 33.7 Å². The van der Waals surface area contributed by atoms with Crippen molar-refractivity contribution in [1.29, 1.82) is 0 Å². The minimum atomic E-state index is -0.367. The maximum atomic E-state index is 12.9. The number of hydrogen-bond acceptors (Lipinski definition) is 7. The van der Waals surface area contributed by atoms with Gasteiger partial charge < -0.3 is 33.7 Å². The summed E-state index contributed by atoms with van der Waals surface area (Å²) in [4.78, 5) is 12.9. The summed E-state index contributed by atoms with van der Waals surface area (Å²) in [5.74, 6) is 2.83. The van der Waals surface area contributed by atoms with E-state index in [1.165, 1.54) is 27.4 Å². The van der Waals surface area contributed by atoms with Crippen LogP contribution in [0.4, 0.5) is 5.69 Å². The van der Waals surface area contributed by atoms with Gasteiger partial charge in [-0.15, -0.1) is 0 Å². The third kappa shape index (κ3) is 6.55. The van der Waals surface area contributed by atoms with Gasteiger partial charge in [0.2, 0.25) is 11.7 Å². The molecule has 194 valence electrons. The Morgan fingerprint density at radius 1 is 0.649 bits per heavy atom. The lowest BCUT2D eigenvalue weighted by Gasteiger charge is -2.15. The Morgan fingerprint density at radius 3 is 1.92 bits per heavy atom. The highest BCUT2D eigenvalue weighted by Gasteiger charge is 2.17. The van der Waals surface area contributed by atoms with E-state index in [4.69, 9.17) is 28.4 Å². The zero-order chi connectivity index (χ0) is 26.8. The van der Waals surface area contributed by atoms with E-state index in [1.807, 2.05) is 42.5 Å². The first-order valence-corrected chi connectivity index (χ1v) is 11.3. The molecule has 0 saturated heterocycles. The van der Waals surface area contributed by atoms with Crippen molar-refractivity contribution >= 4 is 29.8 Å². The summed E-state index contributed by atoms with van der Waals surface area (Å²) >= 11 is 0. The predicted molar refractivity (Wildman–Crippen MR) is 145 cm³/mol. The van der Waals surface area contributed by atoms with Crippen molar-refractivity contribution in [1.82, 2.24) is 0 Å². The Balaban J connectivity index is 1.92. The number of carbonyl (C=O) groups is 1. The second-order valence-electron chi connectivity index (χ2n) is 7.64. The van der Waals surface area contributed by atoms with Gasteiger partial charge in [0.25, 0.3) is 0 Å².